The van der Waals surface area contributed by atoms with E-state index in [1.54, 1.807) is 0 Å². The van der Waals surface area contributed by atoms with Crippen molar-refractivity contribution in [3.8, 4) is 0 Å². The molecule has 0 radical (unpaired) electrons. The summed E-state index contributed by atoms with van der Waals surface area (Å²) < 4.78 is 13.1. The molecule has 0 aliphatic heterocycles. The van der Waals surface area contributed by atoms with Gasteiger partial charge in [-0.1, -0.05) is 18.5 Å². The molecule has 1 atom stereocenters. The second-order valence-corrected chi connectivity index (χ2v) is 5.23. The van der Waals surface area contributed by atoms with E-state index >= 15 is 0 Å². The molecule has 0 saturated carbocycles. The van der Waals surface area contributed by atoms with Gasteiger partial charge in [0.1, 0.15) is 23.7 Å². The molecule has 0 aliphatic carbocycles. The SMILES string of the molecule is CCC(C)NC(=O)c1cc(Nc2ccc(F)c(Cl)c2)ncn1. The summed E-state index contributed by atoms with van der Waals surface area (Å²) in [5.74, 6) is -0.340. The summed E-state index contributed by atoms with van der Waals surface area (Å²) in [6.45, 7) is 3.90. The fourth-order valence-corrected chi connectivity index (χ4v) is 1.85. The number of nitrogens with zero attached hydrogens (tertiary/aromatic N) is 2. The molecule has 1 aromatic carbocycles. The molecule has 0 spiro atoms. The van der Waals surface area contributed by atoms with Crippen LogP contribution in [-0.2, 0) is 0 Å². The van der Waals surface area contributed by atoms with E-state index in [1.165, 1.54) is 30.6 Å². The summed E-state index contributed by atoms with van der Waals surface area (Å²) >= 11 is 5.72. The summed E-state index contributed by atoms with van der Waals surface area (Å²) in [6.07, 6.45) is 2.12. The van der Waals surface area contributed by atoms with Gasteiger partial charge in [0.05, 0.1) is 5.02 Å². The molecule has 116 valence electrons. The number of rotatable bonds is 5. The molecule has 1 heterocycles. The number of aromatic nitrogens is 2. The van der Waals surface area contributed by atoms with E-state index < -0.39 is 5.82 Å². The van der Waals surface area contributed by atoms with Gasteiger partial charge < -0.3 is 10.6 Å². The molecule has 2 rings (SSSR count). The van der Waals surface area contributed by atoms with Gasteiger partial charge in [-0.05, 0) is 31.5 Å². The number of anilines is 2. The van der Waals surface area contributed by atoms with Crippen LogP contribution in [0.25, 0.3) is 0 Å². The minimum absolute atomic E-state index is 0.00814. The topological polar surface area (TPSA) is 66.9 Å². The van der Waals surface area contributed by atoms with E-state index in [9.17, 15) is 9.18 Å². The van der Waals surface area contributed by atoms with Gasteiger partial charge in [0.2, 0.25) is 0 Å². The zero-order valence-electron chi connectivity index (χ0n) is 12.2. The molecule has 0 bridgehead atoms. The van der Waals surface area contributed by atoms with Gasteiger partial charge in [0.25, 0.3) is 5.91 Å². The lowest BCUT2D eigenvalue weighted by Crippen LogP contribution is -2.32. The molecule has 22 heavy (non-hydrogen) atoms. The predicted molar refractivity (Wildman–Crippen MR) is 83.9 cm³/mol. The number of benzene rings is 1. The second kappa shape index (κ2) is 7.17. The minimum Gasteiger partial charge on any atom is -0.348 e. The predicted octanol–water partition coefficient (Wildman–Crippen LogP) is 3.54. The first-order chi connectivity index (χ1) is 10.5. The van der Waals surface area contributed by atoms with Crippen molar-refractivity contribution in [2.75, 3.05) is 5.32 Å². The van der Waals surface area contributed by atoms with Crippen molar-refractivity contribution >= 4 is 29.0 Å². The van der Waals surface area contributed by atoms with Crippen LogP contribution in [0, 0.1) is 5.82 Å². The van der Waals surface area contributed by atoms with Crippen LogP contribution < -0.4 is 10.6 Å². The summed E-state index contributed by atoms with van der Waals surface area (Å²) in [4.78, 5) is 20.0. The van der Waals surface area contributed by atoms with Crippen LogP contribution in [-0.4, -0.2) is 21.9 Å². The molecule has 1 unspecified atom stereocenters. The van der Waals surface area contributed by atoms with Gasteiger partial charge in [-0.3, -0.25) is 4.79 Å². The Hall–Kier alpha value is -2.21. The Bertz CT molecular complexity index is 680. The summed E-state index contributed by atoms with van der Waals surface area (Å²) in [5, 5.41) is 5.79. The van der Waals surface area contributed by atoms with Gasteiger partial charge >= 0.3 is 0 Å². The maximum absolute atomic E-state index is 13.1. The first-order valence-corrected chi connectivity index (χ1v) is 7.22. The Balaban J connectivity index is 2.14. The second-order valence-electron chi connectivity index (χ2n) is 4.83. The monoisotopic (exact) mass is 322 g/mol. The third kappa shape index (κ3) is 4.14. The Kier molecular flexibility index (Phi) is 5.27. The highest BCUT2D eigenvalue weighted by molar-refractivity contribution is 6.31. The number of halogens is 2. The molecular weight excluding hydrogens is 307 g/mol. The van der Waals surface area contributed by atoms with Gasteiger partial charge in [-0.2, -0.15) is 0 Å². The van der Waals surface area contributed by atoms with Crippen molar-refractivity contribution in [1.29, 1.82) is 0 Å². The zero-order chi connectivity index (χ0) is 16.1. The average molecular weight is 323 g/mol. The first-order valence-electron chi connectivity index (χ1n) is 6.84. The molecule has 0 saturated heterocycles. The quantitative estimate of drug-likeness (QED) is 0.883. The number of carbonyl (C=O) groups is 1. The number of hydrogen-bond donors (Lipinski definition) is 2. The lowest BCUT2D eigenvalue weighted by molar-refractivity contribution is 0.0934. The van der Waals surface area contributed by atoms with Crippen molar-refractivity contribution < 1.29 is 9.18 Å². The number of nitrogens with one attached hydrogen (secondary N) is 2. The Labute approximate surface area is 132 Å². The third-order valence-corrected chi connectivity index (χ3v) is 3.37. The van der Waals surface area contributed by atoms with Crippen LogP contribution in [0.1, 0.15) is 30.8 Å². The first kappa shape index (κ1) is 16.2. The van der Waals surface area contributed by atoms with E-state index in [-0.39, 0.29) is 22.7 Å². The lowest BCUT2D eigenvalue weighted by atomic mass is 10.2. The van der Waals surface area contributed by atoms with E-state index in [4.69, 9.17) is 11.6 Å². The van der Waals surface area contributed by atoms with E-state index in [2.05, 4.69) is 20.6 Å². The van der Waals surface area contributed by atoms with Crippen LogP contribution in [0.2, 0.25) is 5.02 Å². The summed E-state index contributed by atoms with van der Waals surface area (Å²) in [5.41, 5.74) is 0.824. The van der Waals surface area contributed by atoms with Crippen LogP contribution in [0.5, 0.6) is 0 Å². The molecule has 1 aromatic heterocycles. The maximum atomic E-state index is 13.1. The molecule has 2 N–H and O–H groups in total. The van der Waals surface area contributed by atoms with Crippen LogP contribution in [0.3, 0.4) is 0 Å². The van der Waals surface area contributed by atoms with Gasteiger partial charge in [0, 0.05) is 17.8 Å². The number of carbonyl (C=O) groups excluding carboxylic acids is 1. The molecule has 2 aromatic rings. The molecule has 1 amide bonds. The van der Waals surface area contributed by atoms with Gasteiger partial charge in [0.15, 0.2) is 0 Å². The molecule has 0 aliphatic rings. The lowest BCUT2D eigenvalue weighted by Gasteiger charge is -2.11. The fraction of sp³-hybridized carbons (Fsp3) is 0.267. The van der Waals surface area contributed by atoms with E-state index in [0.29, 0.717) is 11.5 Å². The van der Waals surface area contributed by atoms with E-state index in [0.717, 1.165) is 6.42 Å². The Morgan fingerprint density at radius 1 is 1.36 bits per heavy atom. The largest absolute Gasteiger partial charge is 0.348 e. The Morgan fingerprint density at radius 2 is 2.14 bits per heavy atom. The molecule has 7 heteroatoms. The van der Waals surface area contributed by atoms with E-state index in [1.807, 2.05) is 13.8 Å². The van der Waals surface area contributed by atoms with Crippen molar-refractivity contribution in [2.45, 2.75) is 26.3 Å². The minimum atomic E-state index is -0.497. The van der Waals surface area contributed by atoms with Crippen LogP contribution in [0.4, 0.5) is 15.9 Å². The fourth-order valence-electron chi connectivity index (χ4n) is 1.67. The maximum Gasteiger partial charge on any atom is 0.270 e. The number of amides is 1. The molecule has 0 fully saturated rings. The summed E-state index contributed by atoms with van der Waals surface area (Å²) in [6, 6.07) is 5.81. The van der Waals surface area contributed by atoms with Crippen molar-refractivity contribution in [3.63, 3.8) is 0 Å². The van der Waals surface area contributed by atoms with Gasteiger partial charge in [-0.15, -0.1) is 0 Å². The standard InChI is InChI=1S/C15H16ClFN4O/c1-3-9(2)20-15(22)13-7-14(19-8-18-13)21-10-4-5-12(17)11(16)6-10/h4-9H,3H2,1-2H3,(H,20,22)(H,18,19,21). The van der Waals surface area contributed by atoms with Crippen LogP contribution in [0.15, 0.2) is 30.6 Å². The normalized spacial score (nSPS) is 11.8. The average Bonchev–Trinajstić information content (AvgIpc) is 2.51. The van der Waals surface area contributed by atoms with Gasteiger partial charge in [-0.25, -0.2) is 14.4 Å². The highest BCUT2D eigenvalue weighted by Gasteiger charge is 2.11. The highest BCUT2D eigenvalue weighted by Crippen LogP contribution is 2.21. The number of hydrogen-bond acceptors (Lipinski definition) is 4. The zero-order valence-corrected chi connectivity index (χ0v) is 13.0. The van der Waals surface area contributed by atoms with Crippen molar-refractivity contribution in [3.05, 3.63) is 47.1 Å². The van der Waals surface area contributed by atoms with Crippen molar-refractivity contribution in [2.24, 2.45) is 0 Å². The molecular formula is C15H16ClFN4O. The summed E-state index contributed by atoms with van der Waals surface area (Å²) in [7, 11) is 0. The Morgan fingerprint density at radius 3 is 2.82 bits per heavy atom. The molecule has 5 nitrogen and oxygen atoms in total. The third-order valence-electron chi connectivity index (χ3n) is 3.08. The highest BCUT2D eigenvalue weighted by atomic mass is 35.5. The van der Waals surface area contributed by atoms with Crippen molar-refractivity contribution in [1.82, 2.24) is 15.3 Å². The van der Waals surface area contributed by atoms with Crippen LogP contribution >= 0.6 is 11.6 Å². The smallest absolute Gasteiger partial charge is 0.270 e.